The first-order valence-corrected chi connectivity index (χ1v) is 5.28. The number of aromatic nitrogens is 3. The van der Waals surface area contributed by atoms with Gasteiger partial charge in [0.25, 0.3) is 0 Å². The SMILES string of the molecule is CC(C)n1nc2c(n1)C(C(=O)O)CCC2. The van der Waals surface area contributed by atoms with Crippen LogP contribution in [0.25, 0.3) is 0 Å². The lowest BCUT2D eigenvalue weighted by Gasteiger charge is -2.15. The number of hydrogen-bond donors (Lipinski definition) is 1. The van der Waals surface area contributed by atoms with Gasteiger partial charge < -0.3 is 5.11 Å². The Kier molecular flexibility index (Phi) is 2.46. The van der Waals surface area contributed by atoms with Gasteiger partial charge in [-0.1, -0.05) is 0 Å². The van der Waals surface area contributed by atoms with Crippen molar-refractivity contribution in [1.29, 1.82) is 0 Å². The smallest absolute Gasteiger partial charge is 0.312 e. The van der Waals surface area contributed by atoms with Crippen molar-refractivity contribution >= 4 is 5.97 Å². The average molecular weight is 209 g/mol. The van der Waals surface area contributed by atoms with E-state index in [1.54, 1.807) is 4.80 Å². The first-order chi connectivity index (χ1) is 7.09. The Morgan fingerprint density at radius 1 is 1.53 bits per heavy atom. The van der Waals surface area contributed by atoms with Gasteiger partial charge in [0.2, 0.25) is 0 Å². The summed E-state index contributed by atoms with van der Waals surface area (Å²) in [5.41, 5.74) is 1.53. The normalized spacial score (nSPS) is 20.3. The molecule has 2 rings (SSSR count). The summed E-state index contributed by atoms with van der Waals surface area (Å²) in [5, 5.41) is 17.7. The minimum absolute atomic E-state index is 0.185. The molecular formula is C10H15N3O2. The van der Waals surface area contributed by atoms with E-state index in [-0.39, 0.29) is 6.04 Å². The zero-order valence-electron chi connectivity index (χ0n) is 8.97. The van der Waals surface area contributed by atoms with Gasteiger partial charge in [-0.3, -0.25) is 4.79 Å². The molecule has 82 valence electrons. The van der Waals surface area contributed by atoms with Gasteiger partial charge in [0.05, 0.1) is 11.7 Å². The molecule has 0 radical (unpaired) electrons. The molecule has 0 spiro atoms. The van der Waals surface area contributed by atoms with Crippen LogP contribution >= 0.6 is 0 Å². The highest BCUT2D eigenvalue weighted by Gasteiger charge is 2.30. The second kappa shape index (κ2) is 3.64. The predicted octanol–water partition coefficient (Wildman–Crippen LogP) is 1.36. The summed E-state index contributed by atoms with van der Waals surface area (Å²) >= 11 is 0. The van der Waals surface area contributed by atoms with Crippen LogP contribution in [0.1, 0.15) is 50.0 Å². The highest BCUT2D eigenvalue weighted by Crippen LogP contribution is 2.29. The summed E-state index contributed by atoms with van der Waals surface area (Å²) in [6.45, 7) is 3.97. The van der Waals surface area contributed by atoms with Crippen molar-refractivity contribution in [2.24, 2.45) is 0 Å². The molecule has 0 fully saturated rings. The van der Waals surface area contributed by atoms with Gasteiger partial charge in [0.1, 0.15) is 11.6 Å². The standard InChI is InChI=1S/C10H15N3O2/c1-6(2)13-11-8-5-3-4-7(10(14)15)9(8)12-13/h6-7H,3-5H2,1-2H3,(H,14,15). The van der Waals surface area contributed by atoms with E-state index < -0.39 is 11.9 Å². The fourth-order valence-corrected chi connectivity index (χ4v) is 1.90. The van der Waals surface area contributed by atoms with Crippen molar-refractivity contribution in [2.75, 3.05) is 0 Å². The first-order valence-electron chi connectivity index (χ1n) is 5.28. The van der Waals surface area contributed by atoms with Gasteiger partial charge in [-0.15, -0.1) is 0 Å². The Morgan fingerprint density at radius 2 is 2.27 bits per heavy atom. The maximum Gasteiger partial charge on any atom is 0.312 e. The Hall–Kier alpha value is -1.39. The molecule has 1 unspecified atom stereocenters. The van der Waals surface area contributed by atoms with Crippen LogP contribution in [0.2, 0.25) is 0 Å². The van der Waals surface area contributed by atoms with Crippen molar-refractivity contribution in [2.45, 2.75) is 45.1 Å². The number of rotatable bonds is 2. The number of fused-ring (bicyclic) bond motifs is 1. The van der Waals surface area contributed by atoms with Gasteiger partial charge >= 0.3 is 5.97 Å². The molecular weight excluding hydrogens is 194 g/mol. The summed E-state index contributed by atoms with van der Waals surface area (Å²) in [6.07, 6.45) is 2.42. The van der Waals surface area contributed by atoms with Crippen LogP contribution < -0.4 is 0 Å². The average Bonchev–Trinajstić information content (AvgIpc) is 2.60. The van der Waals surface area contributed by atoms with Gasteiger partial charge in [0.15, 0.2) is 0 Å². The first kappa shape index (κ1) is 10.1. The molecule has 5 nitrogen and oxygen atoms in total. The maximum atomic E-state index is 11.0. The Balaban J connectivity index is 2.38. The van der Waals surface area contributed by atoms with E-state index >= 15 is 0 Å². The Labute approximate surface area is 88.1 Å². The van der Waals surface area contributed by atoms with Crippen molar-refractivity contribution in [3.8, 4) is 0 Å². The van der Waals surface area contributed by atoms with E-state index in [0.29, 0.717) is 12.1 Å². The highest BCUT2D eigenvalue weighted by molar-refractivity contribution is 5.76. The Bertz CT molecular complexity index is 384. The van der Waals surface area contributed by atoms with Crippen LogP contribution in [0.5, 0.6) is 0 Å². The molecule has 1 aliphatic rings. The molecule has 0 aliphatic heterocycles. The molecule has 1 aliphatic carbocycles. The number of aliphatic carboxylic acids is 1. The second-order valence-electron chi connectivity index (χ2n) is 4.23. The third kappa shape index (κ3) is 1.73. The minimum atomic E-state index is -0.785. The zero-order valence-corrected chi connectivity index (χ0v) is 8.97. The van der Waals surface area contributed by atoms with Crippen LogP contribution in [0.15, 0.2) is 0 Å². The molecule has 15 heavy (non-hydrogen) atoms. The van der Waals surface area contributed by atoms with Crippen LogP contribution in [0.3, 0.4) is 0 Å². The number of nitrogens with zero attached hydrogens (tertiary/aromatic N) is 3. The summed E-state index contributed by atoms with van der Waals surface area (Å²) in [6, 6.07) is 0.185. The Morgan fingerprint density at radius 3 is 2.87 bits per heavy atom. The third-order valence-corrected chi connectivity index (χ3v) is 2.73. The third-order valence-electron chi connectivity index (χ3n) is 2.73. The monoisotopic (exact) mass is 209 g/mol. The molecule has 1 heterocycles. The van der Waals surface area contributed by atoms with Crippen molar-refractivity contribution in [3.63, 3.8) is 0 Å². The van der Waals surface area contributed by atoms with Gasteiger partial charge in [0, 0.05) is 0 Å². The molecule has 5 heteroatoms. The molecule has 0 saturated heterocycles. The molecule has 1 N–H and O–H groups in total. The summed E-state index contributed by atoms with van der Waals surface area (Å²) < 4.78 is 0. The largest absolute Gasteiger partial charge is 0.481 e. The van der Waals surface area contributed by atoms with E-state index in [1.807, 2.05) is 13.8 Å². The molecule has 1 atom stereocenters. The summed E-state index contributed by atoms with van der Waals surface area (Å²) in [5.74, 6) is -1.24. The van der Waals surface area contributed by atoms with E-state index in [4.69, 9.17) is 5.11 Å². The fraction of sp³-hybridized carbons (Fsp3) is 0.700. The lowest BCUT2D eigenvalue weighted by Crippen LogP contribution is -2.18. The van der Waals surface area contributed by atoms with E-state index in [9.17, 15) is 4.79 Å². The molecule has 1 aromatic heterocycles. The van der Waals surface area contributed by atoms with E-state index in [0.717, 1.165) is 18.5 Å². The van der Waals surface area contributed by atoms with Gasteiger partial charge in [-0.25, -0.2) is 0 Å². The minimum Gasteiger partial charge on any atom is -0.481 e. The van der Waals surface area contributed by atoms with Gasteiger partial charge in [-0.05, 0) is 33.1 Å². The van der Waals surface area contributed by atoms with Crippen molar-refractivity contribution in [3.05, 3.63) is 11.4 Å². The number of carboxylic acid groups (broad SMARTS) is 1. The maximum absolute atomic E-state index is 11.0. The quantitative estimate of drug-likeness (QED) is 0.798. The molecule has 0 amide bonds. The molecule has 0 aromatic carbocycles. The van der Waals surface area contributed by atoms with Crippen LogP contribution in [0.4, 0.5) is 0 Å². The highest BCUT2D eigenvalue weighted by atomic mass is 16.4. The molecule has 0 saturated carbocycles. The number of hydrogen-bond acceptors (Lipinski definition) is 3. The molecule has 0 bridgehead atoms. The predicted molar refractivity (Wildman–Crippen MR) is 53.7 cm³/mol. The zero-order chi connectivity index (χ0) is 11.0. The van der Waals surface area contributed by atoms with Gasteiger partial charge in [-0.2, -0.15) is 15.0 Å². The lowest BCUT2D eigenvalue weighted by atomic mass is 9.90. The van der Waals surface area contributed by atoms with Crippen molar-refractivity contribution in [1.82, 2.24) is 15.0 Å². The van der Waals surface area contributed by atoms with Crippen molar-refractivity contribution < 1.29 is 9.90 Å². The number of carboxylic acids is 1. The molecule has 1 aromatic rings. The summed E-state index contributed by atoms with van der Waals surface area (Å²) in [4.78, 5) is 12.6. The van der Waals surface area contributed by atoms with Crippen LogP contribution in [-0.4, -0.2) is 26.1 Å². The fourth-order valence-electron chi connectivity index (χ4n) is 1.90. The second-order valence-corrected chi connectivity index (χ2v) is 4.23. The van der Waals surface area contributed by atoms with Crippen LogP contribution in [-0.2, 0) is 11.2 Å². The van der Waals surface area contributed by atoms with Crippen LogP contribution in [0, 0.1) is 0 Å². The lowest BCUT2D eigenvalue weighted by molar-refractivity contribution is -0.139. The number of carbonyl (C=O) groups is 1. The summed E-state index contributed by atoms with van der Waals surface area (Å²) in [7, 11) is 0. The number of aryl methyl sites for hydroxylation is 1. The van der Waals surface area contributed by atoms with E-state index in [1.165, 1.54) is 0 Å². The topological polar surface area (TPSA) is 68.0 Å². The van der Waals surface area contributed by atoms with E-state index in [2.05, 4.69) is 10.2 Å².